The van der Waals surface area contributed by atoms with Crippen LogP contribution in [0, 0.1) is 0 Å². The Morgan fingerprint density at radius 2 is 2.26 bits per heavy atom. The molecule has 0 aromatic rings. The highest BCUT2D eigenvalue weighted by atomic mass is 16.5. The molecule has 2 fully saturated rings. The van der Waals surface area contributed by atoms with Crippen LogP contribution in [0.2, 0.25) is 0 Å². The molecule has 110 valence electrons. The Morgan fingerprint density at radius 3 is 2.95 bits per heavy atom. The Labute approximate surface area is 115 Å². The first-order chi connectivity index (χ1) is 9.11. The van der Waals surface area contributed by atoms with Crippen molar-refractivity contribution >= 4 is 5.91 Å². The number of amides is 1. The number of nitrogens with zero attached hydrogens (tertiary/aromatic N) is 1. The molecule has 1 aliphatic carbocycles. The Bertz CT molecular complexity index is 309. The second-order valence-electron chi connectivity index (χ2n) is 5.96. The van der Waals surface area contributed by atoms with E-state index in [2.05, 4.69) is 10.2 Å². The number of ether oxygens (including phenoxy) is 1. The lowest BCUT2D eigenvalue weighted by molar-refractivity contribution is -0.124. The van der Waals surface area contributed by atoms with Gasteiger partial charge in [0, 0.05) is 37.6 Å². The molecule has 3 atom stereocenters. The third-order valence-electron chi connectivity index (χ3n) is 4.14. The molecule has 2 aliphatic rings. The van der Waals surface area contributed by atoms with Gasteiger partial charge in [-0.1, -0.05) is 0 Å². The third kappa shape index (κ3) is 3.68. The highest BCUT2D eigenvalue weighted by Gasteiger charge is 2.39. The zero-order valence-electron chi connectivity index (χ0n) is 12.1. The minimum atomic E-state index is 0.103. The van der Waals surface area contributed by atoms with Gasteiger partial charge in [-0.25, -0.2) is 0 Å². The topological polar surface area (TPSA) is 67.6 Å². The van der Waals surface area contributed by atoms with Gasteiger partial charge < -0.3 is 15.8 Å². The lowest BCUT2D eigenvalue weighted by atomic mass is 10.0. The molecule has 5 nitrogen and oxygen atoms in total. The normalized spacial score (nSPS) is 29.3. The Kier molecular flexibility index (Phi) is 5.19. The summed E-state index contributed by atoms with van der Waals surface area (Å²) in [4.78, 5) is 14.4. The van der Waals surface area contributed by atoms with E-state index in [1.807, 2.05) is 13.8 Å². The van der Waals surface area contributed by atoms with Crippen molar-refractivity contribution in [1.82, 2.24) is 10.2 Å². The van der Waals surface area contributed by atoms with E-state index in [1.54, 1.807) is 0 Å². The molecule has 0 bridgehead atoms. The van der Waals surface area contributed by atoms with Crippen molar-refractivity contribution in [2.45, 2.75) is 63.8 Å². The molecule has 2 rings (SSSR count). The van der Waals surface area contributed by atoms with Crippen molar-refractivity contribution in [3.63, 3.8) is 0 Å². The van der Waals surface area contributed by atoms with Crippen LogP contribution >= 0.6 is 0 Å². The predicted molar refractivity (Wildman–Crippen MR) is 74.8 cm³/mol. The summed E-state index contributed by atoms with van der Waals surface area (Å²) in [5.41, 5.74) is 5.90. The molecule has 0 aromatic carbocycles. The molecule has 0 aromatic heterocycles. The maximum Gasteiger partial charge on any atom is 0.221 e. The first-order valence-electron chi connectivity index (χ1n) is 7.48. The zero-order valence-corrected chi connectivity index (χ0v) is 12.1. The van der Waals surface area contributed by atoms with Gasteiger partial charge in [0.15, 0.2) is 0 Å². The summed E-state index contributed by atoms with van der Waals surface area (Å²) < 4.78 is 5.81. The molecule has 3 N–H and O–H groups in total. The highest BCUT2D eigenvalue weighted by molar-refractivity contribution is 5.76. The average Bonchev–Trinajstić information content (AvgIpc) is 2.83. The fraction of sp³-hybridized carbons (Fsp3) is 0.929. The second kappa shape index (κ2) is 6.68. The van der Waals surface area contributed by atoms with E-state index in [0.29, 0.717) is 25.1 Å². The molecule has 0 spiro atoms. The van der Waals surface area contributed by atoms with Crippen molar-refractivity contribution in [3.05, 3.63) is 0 Å². The SMILES string of the molecule is CC(C)NC(=O)CC(CN)N1CCOC2CCCC21. The van der Waals surface area contributed by atoms with E-state index in [-0.39, 0.29) is 18.0 Å². The van der Waals surface area contributed by atoms with E-state index in [0.717, 1.165) is 19.6 Å². The molecule has 3 unspecified atom stereocenters. The van der Waals surface area contributed by atoms with Crippen LogP contribution in [0.1, 0.15) is 39.5 Å². The highest BCUT2D eigenvalue weighted by Crippen LogP contribution is 2.31. The Hall–Kier alpha value is -0.650. The van der Waals surface area contributed by atoms with Crippen molar-refractivity contribution in [2.75, 3.05) is 19.7 Å². The molecule has 1 saturated heterocycles. The number of nitrogens with two attached hydrogens (primary N) is 1. The molecule has 1 heterocycles. The summed E-state index contributed by atoms with van der Waals surface area (Å²) in [5.74, 6) is 0.103. The van der Waals surface area contributed by atoms with Crippen LogP contribution in [0.15, 0.2) is 0 Å². The first-order valence-corrected chi connectivity index (χ1v) is 7.48. The quantitative estimate of drug-likeness (QED) is 0.762. The van der Waals surface area contributed by atoms with Gasteiger partial charge in [-0.2, -0.15) is 0 Å². The predicted octanol–water partition coefficient (Wildman–Crippen LogP) is 0.482. The number of hydrogen-bond donors (Lipinski definition) is 2. The van der Waals surface area contributed by atoms with Gasteiger partial charge in [0.1, 0.15) is 0 Å². The number of carbonyl (C=O) groups excluding carboxylic acids is 1. The summed E-state index contributed by atoms with van der Waals surface area (Å²) in [6, 6.07) is 0.803. The van der Waals surface area contributed by atoms with Crippen LogP contribution in [-0.4, -0.2) is 54.7 Å². The van der Waals surface area contributed by atoms with Crippen molar-refractivity contribution < 1.29 is 9.53 Å². The third-order valence-corrected chi connectivity index (χ3v) is 4.14. The smallest absolute Gasteiger partial charge is 0.221 e. The number of morpholine rings is 1. The van der Waals surface area contributed by atoms with Gasteiger partial charge in [-0.05, 0) is 33.1 Å². The summed E-state index contributed by atoms with van der Waals surface area (Å²) in [6.45, 7) is 6.17. The van der Waals surface area contributed by atoms with Gasteiger partial charge >= 0.3 is 0 Å². The molecule has 1 amide bonds. The fourth-order valence-corrected chi connectivity index (χ4v) is 3.34. The number of hydrogen-bond acceptors (Lipinski definition) is 4. The van der Waals surface area contributed by atoms with Crippen LogP contribution in [-0.2, 0) is 9.53 Å². The van der Waals surface area contributed by atoms with Gasteiger partial charge in [0.25, 0.3) is 0 Å². The molecule has 5 heteroatoms. The first kappa shape index (κ1) is 14.8. The lowest BCUT2D eigenvalue weighted by Crippen LogP contribution is -2.56. The summed E-state index contributed by atoms with van der Waals surface area (Å²) in [5, 5.41) is 2.95. The minimum Gasteiger partial charge on any atom is -0.375 e. The Morgan fingerprint density at radius 1 is 1.47 bits per heavy atom. The van der Waals surface area contributed by atoms with E-state index in [4.69, 9.17) is 10.5 Å². The van der Waals surface area contributed by atoms with Crippen LogP contribution < -0.4 is 11.1 Å². The maximum atomic E-state index is 11.9. The minimum absolute atomic E-state index is 0.103. The van der Waals surface area contributed by atoms with Crippen LogP contribution in [0.5, 0.6) is 0 Å². The van der Waals surface area contributed by atoms with Gasteiger partial charge in [0.05, 0.1) is 12.7 Å². The maximum absolute atomic E-state index is 11.9. The number of rotatable bonds is 5. The molecule has 19 heavy (non-hydrogen) atoms. The van der Waals surface area contributed by atoms with Crippen molar-refractivity contribution in [1.29, 1.82) is 0 Å². The Balaban J connectivity index is 1.94. The van der Waals surface area contributed by atoms with Crippen LogP contribution in [0.25, 0.3) is 0 Å². The van der Waals surface area contributed by atoms with Crippen molar-refractivity contribution in [2.24, 2.45) is 5.73 Å². The molecular weight excluding hydrogens is 242 g/mol. The summed E-state index contributed by atoms with van der Waals surface area (Å²) >= 11 is 0. The largest absolute Gasteiger partial charge is 0.375 e. The van der Waals surface area contributed by atoms with Crippen LogP contribution in [0.4, 0.5) is 0 Å². The van der Waals surface area contributed by atoms with Crippen molar-refractivity contribution in [3.8, 4) is 0 Å². The average molecular weight is 269 g/mol. The van der Waals surface area contributed by atoms with Gasteiger partial charge in [-0.15, -0.1) is 0 Å². The lowest BCUT2D eigenvalue weighted by Gasteiger charge is -2.42. The number of nitrogens with one attached hydrogen (secondary N) is 1. The summed E-state index contributed by atoms with van der Waals surface area (Å²) in [7, 11) is 0. The molecule has 1 saturated carbocycles. The monoisotopic (exact) mass is 269 g/mol. The van der Waals surface area contributed by atoms with Crippen LogP contribution in [0.3, 0.4) is 0 Å². The van der Waals surface area contributed by atoms with Gasteiger partial charge in [0.2, 0.25) is 5.91 Å². The molecule has 1 aliphatic heterocycles. The van der Waals surface area contributed by atoms with E-state index in [9.17, 15) is 4.79 Å². The number of fused-ring (bicyclic) bond motifs is 1. The second-order valence-corrected chi connectivity index (χ2v) is 5.96. The fourth-order valence-electron chi connectivity index (χ4n) is 3.34. The zero-order chi connectivity index (χ0) is 13.8. The number of carbonyl (C=O) groups is 1. The molecular formula is C14H27N3O2. The van der Waals surface area contributed by atoms with E-state index < -0.39 is 0 Å². The molecule has 0 radical (unpaired) electrons. The summed E-state index contributed by atoms with van der Waals surface area (Å²) in [6.07, 6.45) is 4.40. The van der Waals surface area contributed by atoms with Gasteiger partial charge in [-0.3, -0.25) is 9.69 Å². The van der Waals surface area contributed by atoms with E-state index >= 15 is 0 Å². The standard InChI is InChI=1S/C14H27N3O2/c1-10(2)16-14(18)8-11(9-15)17-6-7-19-13-5-3-4-12(13)17/h10-13H,3-9,15H2,1-2H3,(H,16,18). The van der Waals surface area contributed by atoms with E-state index in [1.165, 1.54) is 12.8 Å².